The predicted octanol–water partition coefficient (Wildman–Crippen LogP) is 0.959. The molecule has 0 aliphatic heterocycles. The summed E-state index contributed by atoms with van der Waals surface area (Å²) in [5, 5.41) is 3.05. The van der Waals surface area contributed by atoms with Gasteiger partial charge in [0.2, 0.25) is 5.91 Å². The van der Waals surface area contributed by atoms with E-state index in [1.54, 1.807) is 0 Å². The van der Waals surface area contributed by atoms with Gasteiger partial charge in [-0.1, -0.05) is 13.8 Å². The second kappa shape index (κ2) is 5.20. The molecule has 1 amide bonds. The lowest BCUT2D eigenvalue weighted by Crippen LogP contribution is -2.36. The van der Waals surface area contributed by atoms with Crippen molar-refractivity contribution in [3.05, 3.63) is 22.2 Å². The molecule has 0 atom stereocenters. The van der Waals surface area contributed by atoms with Crippen molar-refractivity contribution in [1.29, 1.82) is 0 Å². The van der Waals surface area contributed by atoms with E-state index < -0.39 is 11.4 Å². The van der Waals surface area contributed by atoms with Crippen LogP contribution in [0.2, 0.25) is 0 Å². The van der Waals surface area contributed by atoms with E-state index in [0.29, 0.717) is 11.6 Å². The molecule has 1 heterocycles. The number of amides is 1. The van der Waals surface area contributed by atoms with Crippen LogP contribution in [0.4, 0.5) is 5.82 Å². The predicted molar refractivity (Wildman–Crippen MR) is 70.5 cm³/mol. The lowest BCUT2D eigenvalue weighted by atomic mass is 10.0. The molecule has 6 heteroatoms. The topological polar surface area (TPSA) is 101 Å². The van der Waals surface area contributed by atoms with E-state index in [1.165, 1.54) is 6.07 Å². The average molecular weight is 252 g/mol. The van der Waals surface area contributed by atoms with Crippen molar-refractivity contribution in [2.24, 2.45) is 5.73 Å². The maximum Gasteiger partial charge on any atom is 0.252 e. The number of nitrogens with zero attached hydrogens (tertiary/aromatic N) is 1. The Balaban J connectivity index is 2.97. The standard InChI is InChI=1S/C12H20N4O2/c1-7(2)11-14-9(5-10(18)15-11)16-12(3,4)6-8(13)17/h5,7H,6H2,1-4H3,(H2,13,17)(H2,14,15,16,18). The van der Waals surface area contributed by atoms with E-state index in [4.69, 9.17) is 5.73 Å². The van der Waals surface area contributed by atoms with Crippen LogP contribution in [0.15, 0.2) is 10.9 Å². The Morgan fingerprint density at radius 2 is 2.17 bits per heavy atom. The molecule has 0 aliphatic carbocycles. The quantitative estimate of drug-likeness (QED) is 0.726. The summed E-state index contributed by atoms with van der Waals surface area (Å²) >= 11 is 0. The molecular formula is C12H20N4O2. The van der Waals surface area contributed by atoms with E-state index in [9.17, 15) is 9.59 Å². The van der Waals surface area contributed by atoms with Crippen LogP contribution < -0.4 is 16.6 Å². The highest BCUT2D eigenvalue weighted by Gasteiger charge is 2.21. The van der Waals surface area contributed by atoms with Gasteiger partial charge in [-0.3, -0.25) is 9.59 Å². The molecule has 1 rings (SSSR count). The largest absolute Gasteiger partial charge is 0.370 e. The Hall–Kier alpha value is -1.85. The van der Waals surface area contributed by atoms with Crippen molar-refractivity contribution < 1.29 is 4.79 Å². The maximum absolute atomic E-state index is 11.5. The fraction of sp³-hybridized carbons (Fsp3) is 0.583. The molecule has 0 unspecified atom stereocenters. The van der Waals surface area contributed by atoms with Crippen LogP contribution in [0.5, 0.6) is 0 Å². The van der Waals surface area contributed by atoms with Gasteiger partial charge in [0.05, 0.1) is 0 Å². The van der Waals surface area contributed by atoms with Gasteiger partial charge in [0.15, 0.2) is 0 Å². The Morgan fingerprint density at radius 3 is 2.67 bits per heavy atom. The molecule has 6 nitrogen and oxygen atoms in total. The molecule has 1 aromatic rings. The Morgan fingerprint density at radius 1 is 1.56 bits per heavy atom. The molecule has 0 aromatic carbocycles. The molecule has 100 valence electrons. The summed E-state index contributed by atoms with van der Waals surface area (Å²) in [6.07, 6.45) is 0.165. The van der Waals surface area contributed by atoms with Crippen LogP contribution in [0, 0.1) is 0 Å². The van der Waals surface area contributed by atoms with Gasteiger partial charge in [-0.05, 0) is 13.8 Å². The molecule has 4 N–H and O–H groups in total. The molecule has 1 aromatic heterocycles. The number of nitrogens with two attached hydrogens (primary N) is 1. The summed E-state index contributed by atoms with van der Waals surface area (Å²) in [4.78, 5) is 29.4. The van der Waals surface area contributed by atoms with Gasteiger partial charge in [0.25, 0.3) is 5.56 Å². The minimum atomic E-state index is -0.541. The van der Waals surface area contributed by atoms with Gasteiger partial charge < -0.3 is 16.0 Å². The molecule has 18 heavy (non-hydrogen) atoms. The van der Waals surface area contributed by atoms with Crippen LogP contribution in [-0.2, 0) is 4.79 Å². The first-order chi connectivity index (χ1) is 8.19. The molecule has 0 saturated heterocycles. The summed E-state index contributed by atoms with van der Waals surface area (Å²) in [5.74, 6) is 0.786. The lowest BCUT2D eigenvalue weighted by Gasteiger charge is -2.25. The van der Waals surface area contributed by atoms with Crippen molar-refractivity contribution in [3.8, 4) is 0 Å². The van der Waals surface area contributed by atoms with E-state index >= 15 is 0 Å². The van der Waals surface area contributed by atoms with E-state index in [1.807, 2.05) is 27.7 Å². The smallest absolute Gasteiger partial charge is 0.252 e. The van der Waals surface area contributed by atoms with Gasteiger partial charge in [0, 0.05) is 23.9 Å². The summed E-state index contributed by atoms with van der Waals surface area (Å²) in [6, 6.07) is 1.37. The number of carbonyl (C=O) groups is 1. The first-order valence-electron chi connectivity index (χ1n) is 5.87. The minimum absolute atomic E-state index is 0.124. The Labute approximate surface area is 106 Å². The number of carbonyl (C=O) groups excluding carboxylic acids is 1. The highest BCUT2D eigenvalue weighted by molar-refractivity contribution is 5.75. The van der Waals surface area contributed by atoms with Crippen LogP contribution in [0.1, 0.15) is 45.9 Å². The summed E-state index contributed by atoms with van der Waals surface area (Å²) in [6.45, 7) is 7.54. The normalized spacial score (nSPS) is 11.6. The second-order valence-electron chi connectivity index (χ2n) is 5.32. The molecule has 0 saturated carbocycles. The van der Waals surface area contributed by atoms with Crippen LogP contribution in [0.25, 0.3) is 0 Å². The third-order valence-corrected chi connectivity index (χ3v) is 2.39. The fourth-order valence-corrected chi connectivity index (χ4v) is 1.64. The van der Waals surface area contributed by atoms with Crippen LogP contribution in [0.3, 0.4) is 0 Å². The molecular weight excluding hydrogens is 232 g/mol. The number of nitrogens with one attached hydrogen (secondary N) is 2. The Kier molecular flexibility index (Phi) is 4.11. The number of anilines is 1. The number of aromatic nitrogens is 2. The van der Waals surface area contributed by atoms with Gasteiger partial charge in [0.1, 0.15) is 11.6 Å². The molecule has 0 aliphatic rings. The summed E-state index contributed by atoms with van der Waals surface area (Å²) < 4.78 is 0. The van der Waals surface area contributed by atoms with Crippen molar-refractivity contribution in [1.82, 2.24) is 9.97 Å². The first kappa shape index (κ1) is 14.2. The Bertz CT molecular complexity index is 491. The zero-order valence-electron chi connectivity index (χ0n) is 11.2. The first-order valence-corrected chi connectivity index (χ1v) is 5.87. The lowest BCUT2D eigenvalue weighted by molar-refractivity contribution is -0.118. The average Bonchev–Trinajstić information content (AvgIpc) is 2.12. The van der Waals surface area contributed by atoms with E-state index in [0.717, 1.165) is 0 Å². The monoisotopic (exact) mass is 252 g/mol. The van der Waals surface area contributed by atoms with Crippen molar-refractivity contribution >= 4 is 11.7 Å². The van der Waals surface area contributed by atoms with E-state index in [-0.39, 0.29) is 17.9 Å². The fourth-order valence-electron chi connectivity index (χ4n) is 1.64. The third kappa shape index (κ3) is 4.20. The van der Waals surface area contributed by atoms with Gasteiger partial charge >= 0.3 is 0 Å². The minimum Gasteiger partial charge on any atom is -0.370 e. The molecule has 0 radical (unpaired) electrons. The number of hydrogen-bond acceptors (Lipinski definition) is 4. The van der Waals surface area contributed by atoms with Gasteiger partial charge in [-0.15, -0.1) is 0 Å². The van der Waals surface area contributed by atoms with Crippen molar-refractivity contribution in [2.45, 2.75) is 45.6 Å². The molecule has 0 bridgehead atoms. The zero-order valence-corrected chi connectivity index (χ0v) is 11.2. The van der Waals surface area contributed by atoms with Crippen LogP contribution >= 0.6 is 0 Å². The summed E-state index contributed by atoms with van der Waals surface area (Å²) in [5.41, 5.74) is 4.42. The number of aromatic amines is 1. The highest BCUT2D eigenvalue weighted by atomic mass is 16.1. The van der Waals surface area contributed by atoms with Gasteiger partial charge in [-0.25, -0.2) is 4.98 Å². The zero-order chi connectivity index (χ0) is 13.9. The second-order valence-corrected chi connectivity index (χ2v) is 5.32. The van der Waals surface area contributed by atoms with Crippen LogP contribution in [-0.4, -0.2) is 21.4 Å². The molecule has 0 spiro atoms. The third-order valence-electron chi connectivity index (χ3n) is 2.39. The van der Waals surface area contributed by atoms with Gasteiger partial charge in [-0.2, -0.15) is 0 Å². The van der Waals surface area contributed by atoms with E-state index in [2.05, 4.69) is 15.3 Å². The maximum atomic E-state index is 11.5. The highest BCUT2D eigenvalue weighted by Crippen LogP contribution is 2.16. The number of rotatable bonds is 5. The molecule has 0 fully saturated rings. The van der Waals surface area contributed by atoms with Crippen molar-refractivity contribution in [3.63, 3.8) is 0 Å². The number of primary amides is 1. The van der Waals surface area contributed by atoms with Crippen molar-refractivity contribution in [2.75, 3.05) is 5.32 Å². The number of hydrogen-bond donors (Lipinski definition) is 3. The number of H-pyrrole nitrogens is 1. The SMILES string of the molecule is CC(C)c1nc(NC(C)(C)CC(N)=O)cc(=O)[nH]1. The summed E-state index contributed by atoms with van der Waals surface area (Å²) in [7, 11) is 0.